The minimum absolute atomic E-state index is 0.0762. The van der Waals surface area contributed by atoms with E-state index >= 15 is 0 Å². The Kier molecular flexibility index (Phi) is 10.8. The molecular formula is C37H40N2O3. The highest BCUT2D eigenvalue weighted by Gasteiger charge is 2.27. The predicted octanol–water partition coefficient (Wildman–Crippen LogP) is 7.52. The van der Waals surface area contributed by atoms with Gasteiger partial charge in [0.05, 0.1) is 6.04 Å². The standard InChI is InChI=1S/C37H40N2O3/c1-37(2,3)42-36(41)38-33(24-29-16-8-4-9-17-29)26-35(40)34(25-30-18-10-5-11-19-30)39(27-31-20-12-6-13-21-31)28-32-22-14-7-15-23-32/h4-23,26,34H,24-25,27-28H2,1-3H3,(H,38,41)/b33-26-/t34-/m0/s1. The lowest BCUT2D eigenvalue weighted by molar-refractivity contribution is -0.120. The number of benzene rings is 4. The molecule has 4 aromatic rings. The fourth-order valence-corrected chi connectivity index (χ4v) is 4.81. The molecule has 42 heavy (non-hydrogen) atoms. The highest BCUT2D eigenvalue weighted by atomic mass is 16.6. The first-order valence-corrected chi connectivity index (χ1v) is 14.4. The summed E-state index contributed by atoms with van der Waals surface area (Å²) in [6.45, 7) is 6.65. The van der Waals surface area contributed by atoms with E-state index in [1.165, 1.54) is 0 Å². The third-order valence-corrected chi connectivity index (χ3v) is 6.71. The van der Waals surface area contributed by atoms with Crippen molar-refractivity contribution in [3.05, 3.63) is 155 Å². The Labute approximate surface area is 249 Å². The second kappa shape index (κ2) is 14.9. The molecule has 0 aliphatic heterocycles. The van der Waals surface area contributed by atoms with Gasteiger partial charge in [0.2, 0.25) is 0 Å². The second-order valence-corrected chi connectivity index (χ2v) is 11.4. The lowest BCUT2D eigenvalue weighted by atomic mass is 9.97. The van der Waals surface area contributed by atoms with Crippen LogP contribution in [-0.4, -0.2) is 28.4 Å². The van der Waals surface area contributed by atoms with Crippen molar-refractivity contribution in [2.24, 2.45) is 0 Å². The van der Waals surface area contributed by atoms with Gasteiger partial charge in [0.25, 0.3) is 0 Å². The summed E-state index contributed by atoms with van der Waals surface area (Å²) in [5, 5.41) is 2.87. The van der Waals surface area contributed by atoms with E-state index in [4.69, 9.17) is 4.74 Å². The van der Waals surface area contributed by atoms with E-state index in [0.29, 0.717) is 31.6 Å². The third-order valence-electron chi connectivity index (χ3n) is 6.71. The van der Waals surface area contributed by atoms with Gasteiger partial charge in [-0.2, -0.15) is 0 Å². The van der Waals surface area contributed by atoms with Crippen molar-refractivity contribution in [3.63, 3.8) is 0 Å². The molecule has 4 rings (SSSR count). The first kappa shape index (κ1) is 30.5. The number of amides is 1. The second-order valence-electron chi connectivity index (χ2n) is 11.4. The molecule has 5 nitrogen and oxygen atoms in total. The molecule has 0 aliphatic carbocycles. The van der Waals surface area contributed by atoms with E-state index in [2.05, 4.69) is 46.6 Å². The van der Waals surface area contributed by atoms with Crippen LogP contribution in [0.25, 0.3) is 0 Å². The van der Waals surface area contributed by atoms with E-state index in [9.17, 15) is 9.59 Å². The van der Waals surface area contributed by atoms with Gasteiger partial charge in [-0.3, -0.25) is 15.0 Å². The summed E-state index contributed by atoms with van der Waals surface area (Å²) in [6.07, 6.45) is 1.93. The van der Waals surface area contributed by atoms with Crippen LogP contribution in [0.3, 0.4) is 0 Å². The molecule has 1 N–H and O–H groups in total. The van der Waals surface area contributed by atoms with Crippen LogP contribution in [0.15, 0.2) is 133 Å². The maximum Gasteiger partial charge on any atom is 0.411 e. The monoisotopic (exact) mass is 560 g/mol. The average Bonchev–Trinajstić information content (AvgIpc) is 2.96. The molecular weight excluding hydrogens is 520 g/mol. The highest BCUT2D eigenvalue weighted by molar-refractivity contribution is 5.95. The quantitative estimate of drug-likeness (QED) is 0.182. The lowest BCUT2D eigenvalue weighted by Gasteiger charge is -2.31. The molecule has 0 aliphatic rings. The highest BCUT2D eigenvalue weighted by Crippen LogP contribution is 2.20. The van der Waals surface area contributed by atoms with E-state index in [0.717, 1.165) is 22.3 Å². The van der Waals surface area contributed by atoms with E-state index < -0.39 is 17.7 Å². The van der Waals surface area contributed by atoms with Gasteiger partial charge in [-0.05, 0) is 49.4 Å². The number of carbonyl (C=O) groups is 2. The number of allylic oxidation sites excluding steroid dienone is 1. The van der Waals surface area contributed by atoms with Crippen molar-refractivity contribution in [3.8, 4) is 0 Å². The van der Waals surface area contributed by atoms with Gasteiger partial charge in [-0.25, -0.2) is 4.79 Å². The van der Waals surface area contributed by atoms with Crippen LogP contribution in [-0.2, 0) is 35.5 Å². The SMILES string of the molecule is CC(C)(C)OC(=O)N/C(=C\C(=O)[C@H](Cc1ccccc1)N(Cc1ccccc1)Cc1ccccc1)Cc1ccccc1. The summed E-state index contributed by atoms with van der Waals surface area (Å²) >= 11 is 0. The van der Waals surface area contributed by atoms with Crippen molar-refractivity contribution in [2.45, 2.75) is 58.3 Å². The molecule has 0 aromatic heterocycles. The fourth-order valence-electron chi connectivity index (χ4n) is 4.81. The van der Waals surface area contributed by atoms with Gasteiger partial charge in [0.1, 0.15) is 5.60 Å². The number of carbonyl (C=O) groups excluding carboxylic acids is 2. The lowest BCUT2D eigenvalue weighted by Crippen LogP contribution is -2.42. The number of ether oxygens (including phenoxy) is 1. The van der Waals surface area contributed by atoms with E-state index in [1.807, 2.05) is 106 Å². The molecule has 0 spiro atoms. The molecule has 0 fully saturated rings. The van der Waals surface area contributed by atoms with Crippen molar-refractivity contribution in [2.75, 3.05) is 0 Å². The molecule has 216 valence electrons. The number of alkyl carbamates (subject to hydrolysis) is 1. The maximum atomic E-state index is 14.3. The predicted molar refractivity (Wildman–Crippen MR) is 169 cm³/mol. The van der Waals surface area contributed by atoms with Crippen molar-refractivity contribution in [1.82, 2.24) is 10.2 Å². The first-order chi connectivity index (χ1) is 20.2. The number of ketones is 1. The van der Waals surface area contributed by atoms with Gasteiger partial charge in [-0.1, -0.05) is 121 Å². The Morgan fingerprint density at radius 3 is 1.57 bits per heavy atom. The van der Waals surface area contributed by atoms with Crippen LogP contribution in [0.2, 0.25) is 0 Å². The van der Waals surface area contributed by atoms with Crippen LogP contribution < -0.4 is 5.32 Å². The summed E-state index contributed by atoms with van der Waals surface area (Å²) in [4.78, 5) is 29.4. The van der Waals surface area contributed by atoms with Gasteiger partial charge in [-0.15, -0.1) is 0 Å². The van der Waals surface area contributed by atoms with Crippen LogP contribution in [0.4, 0.5) is 4.79 Å². The Bertz CT molecular complexity index is 1390. The molecule has 5 heteroatoms. The van der Waals surface area contributed by atoms with E-state index in [1.54, 1.807) is 6.08 Å². The number of hydrogen-bond acceptors (Lipinski definition) is 4. The minimum Gasteiger partial charge on any atom is -0.444 e. The van der Waals surface area contributed by atoms with Crippen LogP contribution in [0.1, 0.15) is 43.0 Å². The third kappa shape index (κ3) is 10.2. The Morgan fingerprint density at radius 1 is 0.690 bits per heavy atom. The minimum atomic E-state index is -0.663. The van der Waals surface area contributed by atoms with Gasteiger partial charge >= 0.3 is 6.09 Å². The molecule has 0 saturated carbocycles. The molecule has 0 saturated heterocycles. The van der Waals surface area contributed by atoms with E-state index in [-0.39, 0.29) is 5.78 Å². The summed E-state index contributed by atoms with van der Waals surface area (Å²) in [5.74, 6) is -0.0762. The summed E-state index contributed by atoms with van der Waals surface area (Å²) in [7, 11) is 0. The number of hydrogen-bond donors (Lipinski definition) is 1. The first-order valence-electron chi connectivity index (χ1n) is 14.4. The summed E-state index contributed by atoms with van der Waals surface area (Å²) in [6, 6.07) is 39.8. The zero-order valence-electron chi connectivity index (χ0n) is 24.7. The topological polar surface area (TPSA) is 58.6 Å². The van der Waals surface area contributed by atoms with Crippen molar-refractivity contribution < 1.29 is 14.3 Å². The Hall–Kier alpha value is -4.48. The Balaban J connectivity index is 1.71. The molecule has 0 unspecified atom stereocenters. The summed E-state index contributed by atoms with van der Waals surface area (Å²) < 4.78 is 5.54. The average molecular weight is 561 g/mol. The molecule has 0 bridgehead atoms. The zero-order valence-corrected chi connectivity index (χ0v) is 24.7. The van der Waals surface area contributed by atoms with Crippen molar-refractivity contribution >= 4 is 11.9 Å². The van der Waals surface area contributed by atoms with Crippen LogP contribution in [0.5, 0.6) is 0 Å². The van der Waals surface area contributed by atoms with Crippen LogP contribution >= 0.6 is 0 Å². The fraction of sp³-hybridized carbons (Fsp3) is 0.243. The normalized spacial score (nSPS) is 12.5. The number of nitrogens with zero attached hydrogens (tertiary/aromatic N) is 1. The largest absolute Gasteiger partial charge is 0.444 e. The summed E-state index contributed by atoms with van der Waals surface area (Å²) in [5.41, 5.74) is 4.14. The van der Waals surface area contributed by atoms with Gasteiger partial charge in [0, 0.05) is 31.3 Å². The molecule has 4 aromatic carbocycles. The molecule has 0 heterocycles. The smallest absolute Gasteiger partial charge is 0.411 e. The van der Waals surface area contributed by atoms with Crippen LogP contribution in [0, 0.1) is 0 Å². The molecule has 1 atom stereocenters. The Morgan fingerprint density at radius 2 is 1.12 bits per heavy atom. The molecule has 1 amide bonds. The zero-order chi connectivity index (χ0) is 29.8. The number of nitrogens with one attached hydrogen (secondary N) is 1. The van der Waals surface area contributed by atoms with Gasteiger partial charge < -0.3 is 4.74 Å². The molecule has 0 radical (unpaired) electrons. The van der Waals surface area contributed by atoms with Crippen molar-refractivity contribution in [1.29, 1.82) is 0 Å². The number of rotatable bonds is 12. The van der Waals surface area contributed by atoms with Gasteiger partial charge in [0.15, 0.2) is 5.78 Å². The maximum absolute atomic E-state index is 14.3.